The number of halogens is 1. The van der Waals surface area contributed by atoms with Gasteiger partial charge in [-0.25, -0.2) is 0 Å². The molecule has 0 heterocycles. The predicted octanol–water partition coefficient (Wildman–Crippen LogP) is -0.857. The van der Waals surface area contributed by atoms with Gasteiger partial charge in [-0.1, -0.05) is 22.4 Å². The summed E-state index contributed by atoms with van der Waals surface area (Å²) in [6, 6.07) is 0. The van der Waals surface area contributed by atoms with Crippen molar-refractivity contribution in [1.29, 1.82) is 0 Å². The standard InChI is InChI=1S/C6H11BrO2.Na.H/c7-5-3-1-2-4-6(8)9;;/h1-5H2,(H,8,9);;/q;+1;-1. The monoisotopic (exact) mass is 218 g/mol. The average molecular weight is 219 g/mol. The quantitative estimate of drug-likeness (QED) is 0.371. The third-order valence-corrected chi connectivity index (χ3v) is 1.59. The second-order valence-corrected chi connectivity index (χ2v) is 2.69. The maximum Gasteiger partial charge on any atom is 1.00 e. The Morgan fingerprint density at radius 1 is 1.40 bits per heavy atom. The molecule has 0 bridgehead atoms. The molecule has 0 saturated heterocycles. The van der Waals surface area contributed by atoms with E-state index in [1.807, 2.05) is 0 Å². The third-order valence-electron chi connectivity index (χ3n) is 1.02. The number of rotatable bonds is 5. The molecule has 0 aromatic carbocycles. The van der Waals surface area contributed by atoms with E-state index < -0.39 is 5.97 Å². The smallest absolute Gasteiger partial charge is 1.00 e. The van der Waals surface area contributed by atoms with Crippen LogP contribution in [0.3, 0.4) is 0 Å². The van der Waals surface area contributed by atoms with Crippen molar-refractivity contribution in [3.63, 3.8) is 0 Å². The van der Waals surface area contributed by atoms with Crippen LogP contribution in [0, 0.1) is 0 Å². The van der Waals surface area contributed by atoms with E-state index in [1.165, 1.54) is 0 Å². The second kappa shape index (κ2) is 9.95. The number of carboxylic acids is 1. The Morgan fingerprint density at radius 3 is 2.40 bits per heavy atom. The average Bonchev–Trinajstić information content (AvgIpc) is 1.80. The molecule has 0 rings (SSSR count). The van der Waals surface area contributed by atoms with Crippen molar-refractivity contribution in [2.45, 2.75) is 25.7 Å². The Labute approximate surface area is 93.3 Å². The van der Waals surface area contributed by atoms with Gasteiger partial charge in [-0.3, -0.25) is 4.79 Å². The van der Waals surface area contributed by atoms with Crippen LogP contribution in [0.5, 0.6) is 0 Å². The fourth-order valence-electron chi connectivity index (χ4n) is 0.547. The maximum atomic E-state index is 9.95. The molecule has 10 heavy (non-hydrogen) atoms. The van der Waals surface area contributed by atoms with E-state index in [1.54, 1.807) is 0 Å². The number of hydrogen-bond donors (Lipinski definition) is 1. The Morgan fingerprint density at radius 2 is 2.00 bits per heavy atom. The molecule has 4 heteroatoms. The van der Waals surface area contributed by atoms with Gasteiger partial charge in [0, 0.05) is 11.8 Å². The molecule has 56 valence electrons. The van der Waals surface area contributed by atoms with Gasteiger partial charge < -0.3 is 6.53 Å². The van der Waals surface area contributed by atoms with Gasteiger partial charge in [0.2, 0.25) is 0 Å². The minimum atomic E-state index is -0.690. The number of unbranched alkanes of at least 4 members (excludes halogenated alkanes) is 2. The molecule has 0 spiro atoms. The number of carbonyl (C=O) groups is 1. The predicted molar refractivity (Wildman–Crippen MR) is 41.0 cm³/mol. The van der Waals surface area contributed by atoms with Gasteiger partial charge in [-0.2, -0.15) is 0 Å². The summed E-state index contributed by atoms with van der Waals surface area (Å²) in [4.78, 5) is 9.95. The first-order chi connectivity index (χ1) is 4.27. The molecular formula is C6H12BrNaO2. The summed E-state index contributed by atoms with van der Waals surface area (Å²) in [5, 5.41) is 9.18. The van der Waals surface area contributed by atoms with Crippen LogP contribution in [0.25, 0.3) is 0 Å². The molecule has 1 N–H and O–H groups in total. The number of aliphatic carboxylic acids is 1. The van der Waals surface area contributed by atoms with Crippen LogP contribution in [0.1, 0.15) is 27.1 Å². The minimum Gasteiger partial charge on any atom is -1.00 e. The summed E-state index contributed by atoms with van der Waals surface area (Å²) in [5.74, 6) is -0.690. The zero-order chi connectivity index (χ0) is 7.11. The van der Waals surface area contributed by atoms with E-state index in [-0.39, 0.29) is 31.0 Å². The zero-order valence-electron chi connectivity index (χ0n) is 7.27. The molecule has 0 aromatic rings. The first kappa shape index (κ1) is 13.5. The second-order valence-electron chi connectivity index (χ2n) is 1.89. The molecule has 0 aromatic heterocycles. The fourth-order valence-corrected chi connectivity index (χ4v) is 0.944. The number of alkyl halides is 1. The van der Waals surface area contributed by atoms with Crippen molar-refractivity contribution in [1.82, 2.24) is 0 Å². The van der Waals surface area contributed by atoms with Crippen LogP contribution in [0.15, 0.2) is 0 Å². The van der Waals surface area contributed by atoms with Gasteiger partial charge in [0.1, 0.15) is 0 Å². The summed E-state index contributed by atoms with van der Waals surface area (Å²) < 4.78 is 0. The van der Waals surface area contributed by atoms with Crippen LogP contribution in [0.4, 0.5) is 0 Å². The van der Waals surface area contributed by atoms with Crippen molar-refractivity contribution < 1.29 is 40.9 Å². The number of hydrogen-bond acceptors (Lipinski definition) is 1. The van der Waals surface area contributed by atoms with Crippen LogP contribution in [0.2, 0.25) is 0 Å². The van der Waals surface area contributed by atoms with Gasteiger partial charge in [0.25, 0.3) is 0 Å². The van der Waals surface area contributed by atoms with E-state index in [0.29, 0.717) is 6.42 Å². The van der Waals surface area contributed by atoms with Gasteiger partial charge in [0.05, 0.1) is 0 Å². The molecule has 0 amide bonds. The fraction of sp³-hybridized carbons (Fsp3) is 0.833. The van der Waals surface area contributed by atoms with Crippen molar-refractivity contribution in [3.05, 3.63) is 0 Å². The molecule has 0 aliphatic rings. The topological polar surface area (TPSA) is 37.3 Å². The maximum absolute atomic E-state index is 9.95. The molecular weight excluding hydrogens is 207 g/mol. The van der Waals surface area contributed by atoms with E-state index in [0.717, 1.165) is 24.6 Å². The summed E-state index contributed by atoms with van der Waals surface area (Å²) in [6.07, 6.45) is 3.21. The van der Waals surface area contributed by atoms with Crippen LogP contribution >= 0.6 is 15.9 Å². The molecule has 0 unspecified atom stereocenters. The summed E-state index contributed by atoms with van der Waals surface area (Å²) >= 11 is 3.27. The molecule has 0 radical (unpaired) electrons. The molecule has 0 fully saturated rings. The summed E-state index contributed by atoms with van der Waals surface area (Å²) in [6.45, 7) is 0. The van der Waals surface area contributed by atoms with Gasteiger partial charge >= 0.3 is 35.5 Å². The van der Waals surface area contributed by atoms with Crippen LogP contribution in [-0.4, -0.2) is 16.4 Å². The van der Waals surface area contributed by atoms with Crippen LogP contribution < -0.4 is 29.6 Å². The molecule has 2 nitrogen and oxygen atoms in total. The van der Waals surface area contributed by atoms with Crippen molar-refractivity contribution >= 4 is 21.9 Å². The van der Waals surface area contributed by atoms with Crippen molar-refractivity contribution in [2.24, 2.45) is 0 Å². The zero-order valence-corrected chi connectivity index (χ0v) is 9.85. The normalized spacial score (nSPS) is 8.50. The van der Waals surface area contributed by atoms with Crippen molar-refractivity contribution in [2.75, 3.05) is 5.33 Å². The first-order valence-corrected chi connectivity index (χ1v) is 4.17. The third kappa shape index (κ3) is 11.7. The van der Waals surface area contributed by atoms with Crippen molar-refractivity contribution in [3.8, 4) is 0 Å². The van der Waals surface area contributed by atoms with E-state index in [2.05, 4.69) is 15.9 Å². The Bertz CT molecular complexity index is 92.7. The van der Waals surface area contributed by atoms with E-state index >= 15 is 0 Å². The summed E-state index contributed by atoms with van der Waals surface area (Å²) in [5.41, 5.74) is 0. The largest absolute Gasteiger partial charge is 1.00 e. The SMILES string of the molecule is O=C(O)CCCCCBr.[H-].[Na+]. The molecule has 0 aliphatic carbocycles. The minimum absolute atomic E-state index is 0. The van der Waals surface area contributed by atoms with Gasteiger partial charge in [0.15, 0.2) is 0 Å². The first-order valence-electron chi connectivity index (χ1n) is 3.05. The van der Waals surface area contributed by atoms with E-state index in [9.17, 15) is 4.79 Å². The van der Waals surface area contributed by atoms with Crippen LogP contribution in [-0.2, 0) is 4.79 Å². The molecule has 0 atom stereocenters. The van der Waals surface area contributed by atoms with Gasteiger partial charge in [-0.15, -0.1) is 0 Å². The number of carboxylic acid groups (broad SMARTS) is 1. The summed E-state index contributed by atoms with van der Waals surface area (Å²) in [7, 11) is 0. The van der Waals surface area contributed by atoms with E-state index in [4.69, 9.17) is 5.11 Å². The Balaban J connectivity index is -0.000000320. The molecule has 0 saturated carbocycles. The molecule has 0 aliphatic heterocycles. The Hall–Kier alpha value is 0.950. The Kier molecular flexibility index (Phi) is 13.5. The van der Waals surface area contributed by atoms with Gasteiger partial charge in [-0.05, 0) is 12.8 Å².